The molecule has 15 heavy (non-hydrogen) atoms. The molecule has 0 aromatic heterocycles. The molecule has 0 atom stereocenters. The summed E-state index contributed by atoms with van der Waals surface area (Å²) in [6, 6.07) is 6.37. The first-order valence-corrected chi connectivity index (χ1v) is 6.21. The summed E-state index contributed by atoms with van der Waals surface area (Å²) in [4.78, 5) is 11.8. The summed E-state index contributed by atoms with van der Waals surface area (Å²) in [6.45, 7) is 0. The number of hydrogen-bond acceptors (Lipinski definition) is 2. The summed E-state index contributed by atoms with van der Waals surface area (Å²) >= 11 is 1.91. The van der Waals surface area contributed by atoms with Gasteiger partial charge in [-0.05, 0) is 36.5 Å². The van der Waals surface area contributed by atoms with Crippen molar-refractivity contribution in [1.29, 1.82) is 0 Å². The molecule has 1 aliphatic rings. The zero-order valence-electron chi connectivity index (χ0n) is 8.53. The van der Waals surface area contributed by atoms with Crippen LogP contribution in [0.3, 0.4) is 0 Å². The van der Waals surface area contributed by atoms with Crippen LogP contribution in [0.2, 0.25) is 0 Å². The van der Waals surface area contributed by atoms with Crippen molar-refractivity contribution < 1.29 is 9.90 Å². The number of benzene rings is 1. The average Bonchev–Trinajstić information content (AvgIpc) is 2.65. The van der Waals surface area contributed by atoms with Crippen molar-refractivity contribution in [2.45, 2.75) is 30.6 Å². The number of carbonyl (C=O) groups is 1. The highest BCUT2D eigenvalue weighted by Gasteiger charge is 2.14. The van der Waals surface area contributed by atoms with Crippen molar-refractivity contribution in [3.8, 4) is 0 Å². The Labute approximate surface area is 93.7 Å². The Hall–Kier alpha value is -0.960. The van der Waals surface area contributed by atoms with Gasteiger partial charge in [0.2, 0.25) is 0 Å². The monoisotopic (exact) mass is 222 g/mol. The van der Waals surface area contributed by atoms with Gasteiger partial charge in [0, 0.05) is 17.1 Å². The van der Waals surface area contributed by atoms with Crippen LogP contribution >= 0.6 is 11.8 Å². The van der Waals surface area contributed by atoms with E-state index in [0.717, 1.165) is 19.3 Å². The molecule has 0 bridgehead atoms. The Bertz CT molecular complexity index is 374. The topological polar surface area (TPSA) is 37.3 Å². The maximum atomic E-state index is 10.4. The summed E-state index contributed by atoms with van der Waals surface area (Å²) in [5, 5.41) is 8.58. The molecule has 0 spiro atoms. The number of thioether (sulfide) groups is 1. The lowest BCUT2D eigenvalue weighted by Crippen LogP contribution is -1.98. The summed E-state index contributed by atoms with van der Waals surface area (Å²) < 4.78 is 0. The molecule has 0 aliphatic carbocycles. The largest absolute Gasteiger partial charge is 0.481 e. The molecule has 1 N–H and O–H groups in total. The van der Waals surface area contributed by atoms with Crippen molar-refractivity contribution in [3.63, 3.8) is 0 Å². The van der Waals surface area contributed by atoms with Gasteiger partial charge in [0.25, 0.3) is 0 Å². The Morgan fingerprint density at radius 3 is 3.13 bits per heavy atom. The number of rotatable bonds is 4. The van der Waals surface area contributed by atoms with E-state index in [-0.39, 0.29) is 6.42 Å². The van der Waals surface area contributed by atoms with E-state index in [1.54, 1.807) is 0 Å². The second-order valence-corrected chi connectivity index (χ2v) is 4.88. The van der Waals surface area contributed by atoms with Gasteiger partial charge < -0.3 is 5.11 Å². The van der Waals surface area contributed by atoms with E-state index in [0.29, 0.717) is 0 Å². The molecule has 0 radical (unpaired) electrons. The minimum absolute atomic E-state index is 0.275. The van der Waals surface area contributed by atoms with Crippen molar-refractivity contribution in [1.82, 2.24) is 0 Å². The van der Waals surface area contributed by atoms with Gasteiger partial charge in [0.15, 0.2) is 0 Å². The Kier molecular flexibility index (Phi) is 3.31. The maximum absolute atomic E-state index is 10.4. The van der Waals surface area contributed by atoms with Gasteiger partial charge in [-0.1, -0.05) is 12.1 Å². The molecular weight excluding hydrogens is 208 g/mol. The standard InChI is InChI=1S/C12H14O2S/c13-12(14)6-2-4-9-3-1-5-11-10(9)7-8-15-11/h1,3,5H,2,4,6-8H2,(H,13,14). The predicted octanol–water partition coefficient (Wildman–Crippen LogP) is 2.74. The van der Waals surface area contributed by atoms with E-state index < -0.39 is 5.97 Å². The van der Waals surface area contributed by atoms with Gasteiger partial charge >= 0.3 is 5.97 Å². The first-order chi connectivity index (χ1) is 7.27. The molecular formula is C12H14O2S. The highest BCUT2D eigenvalue weighted by molar-refractivity contribution is 7.99. The fourth-order valence-corrected chi connectivity index (χ4v) is 3.07. The lowest BCUT2D eigenvalue weighted by molar-refractivity contribution is -0.137. The van der Waals surface area contributed by atoms with E-state index in [9.17, 15) is 4.79 Å². The van der Waals surface area contributed by atoms with Gasteiger partial charge in [-0.3, -0.25) is 4.79 Å². The van der Waals surface area contributed by atoms with Gasteiger partial charge in [-0.25, -0.2) is 0 Å². The molecule has 3 heteroatoms. The number of fused-ring (bicyclic) bond motifs is 1. The van der Waals surface area contributed by atoms with Gasteiger partial charge in [-0.15, -0.1) is 11.8 Å². The van der Waals surface area contributed by atoms with Crippen LogP contribution in [0.25, 0.3) is 0 Å². The Balaban J connectivity index is 2.02. The second kappa shape index (κ2) is 4.71. The SMILES string of the molecule is O=C(O)CCCc1cccc2c1CCS2. The first-order valence-electron chi connectivity index (χ1n) is 5.23. The molecule has 0 amide bonds. The molecule has 2 nitrogen and oxygen atoms in total. The number of carboxylic acid groups (broad SMARTS) is 1. The average molecular weight is 222 g/mol. The third-order valence-corrected chi connectivity index (χ3v) is 3.78. The molecule has 1 aliphatic heterocycles. The number of hydrogen-bond donors (Lipinski definition) is 1. The van der Waals surface area contributed by atoms with E-state index in [4.69, 9.17) is 5.11 Å². The van der Waals surface area contributed by atoms with Crippen LogP contribution in [0.5, 0.6) is 0 Å². The lowest BCUT2D eigenvalue weighted by Gasteiger charge is -2.06. The van der Waals surface area contributed by atoms with Crippen LogP contribution in [0.1, 0.15) is 24.0 Å². The third kappa shape index (κ3) is 2.53. The maximum Gasteiger partial charge on any atom is 0.303 e. The fraction of sp³-hybridized carbons (Fsp3) is 0.417. The molecule has 1 aromatic rings. The normalized spacial score (nSPS) is 13.9. The quantitative estimate of drug-likeness (QED) is 0.851. The summed E-state index contributed by atoms with van der Waals surface area (Å²) in [5.74, 6) is 0.475. The lowest BCUT2D eigenvalue weighted by atomic mass is 10.0. The molecule has 0 fully saturated rings. The van der Waals surface area contributed by atoms with E-state index >= 15 is 0 Å². The summed E-state index contributed by atoms with van der Waals surface area (Å²) in [6.07, 6.45) is 3.06. The molecule has 80 valence electrons. The molecule has 0 saturated carbocycles. The van der Waals surface area contributed by atoms with Gasteiger partial charge in [0.1, 0.15) is 0 Å². The first kappa shape index (κ1) is 10.6. The van der Waals surface area contributed by atoms with Crippen molar-refractivity contribution in [2.75, 3.05) is 5.75 Å². The van der Waals surface area contributed by atoms with E-state index in [2.05, 4.69) is 18.2 Å². The van der Waals surface area contributed by atoms with Crippen LogP contribution < -0.4 is 0 Å². The molecule has 2 rings (SSSR count). The van der Waals surface area contributed by atoms with Crippen LogP contribution in [-0.4, -0.2) is 16.8 Å². The van der Waals surface area contributed by atoms with Crippen molar-refractivity contribution in [3.05, 3.63) is 29.3 Å². The van der Waals surface area contributed by atoms with E-state index in [1.807, 2.05) is 11.8 Å². The van der Waals surface area contributed by atoms with Crippen LogP contribution in [0.4, 0.5) is 0 Å². The molecule has 1 heterocycles. The number of aryl methyl sites for hydroxylation is 1. The van der Waals surface area contributed by atoms with E-state index in [1.165, 1.54) is 21.8 Å². The zero-order valence-corrected chi connectivity index (χ0v) is 9.35. The zero-order chi connectivity index (χ0) is 10.7. The molecule has 1 aromatic carbocycles. The van der Waals surface area contributed by atoms with Gasteiger partial charge in [-0.2, -0.15) is 0 Å². The summed E-state index contributed by atoms with van der Waals surface area (Å²) in [5.41, 5.74) is 2.80. The number of aliphatic carboxylic acids is 1. The highest BCUT2D eigenvalue weighted by Crippen LogP contribution is 2.33. The minimum atomic E-state index is -0.697. The summed E-state index contributed by atoms with van der Waals surface area (Å²) in [7, 11) is 0. The number of carboxylic acids is 1. The molecule has 0 saturated heterocycles. The van der Waals surface area contributed by atoms with Crippen molar-refractivity contribution >= 4 is 17.7 Å². The smallest absolute Gasteiger partial charge is 0.303 e. The minimum Gasteiger partial charge on any atom is -0.481 e. The predicted molar refractivity (Wildman–Crippen MR) is 61.4 cm³/mol. The molecule has 0 unspecified atom stereocenters. The van der Waals surface area contributed by atoms with Gasteiger partial charge in [0.05, 0.1) is 0 Å². The van der Waals surface area contributed by atoms with Crippen molar-refractivity contribution in [2.24, 2.45) is 0 Å². The van der Waals surface area contributed by atoms with Crippen LogP contribution in [0, 0.1) is 0 Å². The highest BCUT2D eigenvalue weighted by atomic mass is 32.2. The fourth-order valence-electron chi connectivity index (χ4n) is 1.96. The van der Waals surface area contributed by atoms with Crippen LogP contribution in [-0.2, 0) is 17.6 Å². The Morgan fingerprint density at radius 2 is 2.33 bits per heavy atom. The second-order valence-electron chi connectivity index (χ2n) is 3.74. The van der Waals surface area contributed by atoms with Crippen LogP contribution in [0.15, 0.2) is 23.1 Å². The Morgan fingerprint density at radius 1 is 1.47 bits per heavy atom. The third-order valence-electron chi connectivity index (χ3n) is 2.68.